The summed E-state index contributed by atoms with van der Waals surface area (Å²) in [6.07, 6.45) is 3.96. The zero-order chi connectivity index (χ0) is 24.6. The lowest BCUT2D eigenvalue weighted by atomic mass is 9.83. The van der Waals surface area contributed by atoms with Crippen LogP contribution in [0.5, 0.6) is 0 Å². The van der Waals surface area contributed by atoms with Crippen molar-refractivity contribution in [1.82, 2.24) is 10.6 Å². The molecule has 5 rings (SSSR count). The molecular weight excluding hydrogens is 444 g/mol. The lowest BCUT2D eigenvalue weighted by molar-refractivity contribution is -0.144. The van der Waals surface area contributed by atoms with E-state index in [1.165, 1.54) is 0 Å². The van der Waals surface area contributed by atoms with Gasteiger partial charge in [0.2, 0.25) is 5.91 Å². The summed E-state index contributed by atoms with van der Waals surface area (Å²) in [5.74, 6) is -1.85. The highest BCUT2D eigenvalue weighted by atomic mass is 16.5. The molecule has 3 atom stereocenters. The molecule has 0 aromatic heterocycles. The van der Waals surface area contributed by atoms with E-state index in [0.717, 1.165) is 47.9 Å². The molecule has 3 aliphatic carbocycles. The molecule has 2 fully saturated rings. The second-order valence-corrected chi connectivity index (χ2v) is 10.2. The summed E-state index contributed by atoms with van der Waals surface area (Å²) in [7, 11) is 0. The number of aliphatic carboxylic acids is 1. The number of carboxylic acid groups (broad SMARTS) is 1. The Morgan fingerprint density at radius 2 is 1.54 bits per heavy atom. The lowest BCUT2D eigenvalue weighted by Crippen LogP contribution is -2.61. The first kappa shape index (κ1) is 23.4. The highest BCUT2D eigenvalue weighted by Crippen LogP contribution is 2.45. The van der Waals surface area contributed by atoms with Crippen LogP contribution in [-0.2, 0) is 14.3 Å². The van der Waals surface area contributed by atoms with Gasteiger partial charge in [-0.05, 0) is 60.8 Å². The van der Waals surface area contributed by atoms with Gasteiger partial charge in [-0.25, -0.2) is 4.79 Å². The molecule has 2 aromatic carbocycles. The summed E-state index contributed by atoms with van der Waals surface area (Å²) in [5.41, 5.74) is 3.42. The fourth-order valence-electron chi connectivity index (χ4n) is 5.77. The minimum atomic E-state index is -1.14. The summed E-state index contributed by atoms with van der Waals surface area (Å²) in [4.78, 5) is 37.9. The number of rotatable bonds is 7. The third-order valence-corrected chi connectivity index (χ3v) is 7.97. The second kappa shape index (κ2) is 9.36. The van der Waals surface area contributed by atoms with Crippen LogP contribution in [0.15, 0.2) is 48.5 Å². The zero-order valence-electron chi connectivity index (χ0n) is 20.0. The Balaban J connectivity index is 1.26. The predicted octanol–water partition coefficient (Wildman–Crippen LogP) is 4.45. The van der Waals surface area contributed by atoms with Gasteiger partial charge in [-0.15, -0.1) is 0 Å². The number of ether oxygens (including phenoxy) is 1. The maximum Gasteiger partial charge on any atom is 0.408 e. The molecule has 3 N–H and O–H groups in total. The second-order valence-electron chi connectivity index (χ2n) is 10.2. The summed E-state index contributed by atoms with van der Waals surface area (Å²) in [5, 5.41) is 15.4. The fraction of sp³-hybridized carbons (Fsp3) is 0.464. The Morgan fingerprint density at radius 1 is 0.943 bits per heavy atom. The standard InChI is InChI=1S/C28H32N2O5/c1-28(17-14-15-17,26(33)29-24-13-7-6-12-22(24)25(31)32)30-27(34)35-16-23-20-10-4-2-8-18(20)19-9-3-5-11-21(19)23/h2-5,8-11,17,22-24H,6-7,12-16H2,1H3,(H,29,33)(H,30,34)(H,31,32)/t22-,24+,28?/m1/s1. The number of hydrogen-bond donors (Lipinski definition) is 3. The molecule has 0 aliphatic heterocycles. The van der Waals surface area contributed by atoms with Gasteiger partial charge in [0.1, 0.15) is 12.1 Å². The van der Waals surface area contributed by atoms with Crippen LogP contribution in [0.25, 0.3) is 11.1 Å². The van der Waals surface area contributed by atoms with Gasteiger partial charge in [-0.1, -0.05) is 61.4 Å². The van der Waals surface area contributed by atoms with Crippen molar-refractivity contribution >= 4 is 18.0 Å². The van der Waals surface area contributed by atoms with E-state index in [9.17, 15) is 19.5 Å². The van der Waals surface area contributed by atoms with Crippen LogP contribution in [0, 0.1) is 11.8 Å². The van der Waals surface area contributed by atoms with E-state index in [1.54, 1.807) is 6.92 Å². The van der Waals surface area contributed by atoms with Crippen molar-refractivity contribution in [3.63, 3.8) is 0 Å². The molecular formula is C28H32N2O5. The van der Waals surface area contributed by atoms with Crippen molar-refractivity contribution in [3.8, 4) is 11.1 Å². The van der Waals surface area contributed by atoms with Crippen LogP contribution in [0.1, 0.15) is 62.5 Å². The first-order chi connectivity index (χ1) is 16.9. The van der Waals surface area contributed by atoms with Crippen LogP contribution in [0.2, 0.25) is 0 Å². The fourth-order valence-corrected chi connectivity index (χ4v) is 5.77. The van der Waals surface area contributed by atoms with E-state index < -0.39 is 29.6 Å². The van der Waals surface area contributed by atoms with Gasteiger partial charge in [0.15, 0.2) is 0 Å². The Morgan fingerprint density at radius 3 is 2.14 bits per heavy atom. The van der Waals surface area contributed by atoms with Crippen LogP contribution < -0.4 is 10.6 Å². The molecule has 2 aromatic rings. The normalized spacial score (nSPS) is 22.9. The van der Waals surface area contributed by atoms with Crippen LogP contribution >= 0.6 is 0 Å². The Hall–Kier alpha value is -3.35. The molecule has 1 unspecified atom stereocenters. The minimum Gasteiger partial charge on any atom is -0.481 e. The topological polar surface area (TPSA) is 105 Å². The van der Waals surface area contributed by atoms with Gasteiger partial charge < -0.3 is 20.5 Å². The third-order valence-electron chi connectivity index (χ3n) is 7.97. The Kier molecular flexibility index (Phi) is 6.26. The average Bonchev–Trinajstić information content (AvgIpc) is 3.67. The maximum absolute atomic E-state index is 13.3. The van der Waals surface area contributed by atoms with Gasteiger partial charge in [-0.2, -0.15) is 0 Å². The maximum atomic E-state index is 13.3. The Labute approximate surface area is 205 Å². The van der Waals surface area contributed by atoms with E-state index in [4.69, 9.17) is 4.74 Å². The molecule has 2 saturated carbocycles. The first-order valence-electron chi connectivity index (χ1n) is 12.6. The molecule has 184 valence electrons. The number of amides is 2. The molecule has 35 heavy (non-hydrogen) atoms. The third kappa shape index (κ3) is 4.51. The number of carbonyl (C=O) groups is 3. The van der Waals surface area contributed by atoms with E-state index in [0.29, 0.717) is 12.8 Å². The lowest BCUT2D eigenvalue weighted by Gasteiger charge is -2.35. The molecule has 0 heterocycles. The number of carbonyl (C=O) groups excluding carboxylic acids is 2. The minimum absolute atomic E-state index is 0.00912. The zero-order valence-corrected chi connectivity index (χ0v) is 20.0. The van der Waals surface area contributed by atoms with Crippen LogP contribution in [0.3, 0.4) is 0 Å². The number of hydrogen-bond acceptors (Lipinski definition) is 4. The molecule has 0 saturated heterocycles. The average molecular weight is 477 g/mol. The Bertz CT molecular complexity index is 1100. The number of nitrogens with one attached hydrogen (secondary N) is 2. The summed E-state index contributed by atoms with van der Waals surface area (Å²) < 4.78 is 5.69. The van der Waals surface area contributed by atoms with Crippen LogP contribution in [0.4, 0.5) is 4.79 Å². The van der Waals surface area contributed by atoms with E-state index in [2.05, 4.69) is 34.9 Å². The molecule has 7 nitrogen and oxygen atoms in total. The monoisotopic (exact) mass is 476 g/mol. The highest BCUT2D eigenvalue weighted by molar-refractivity contribution is 5.91. The number of benzene rings is 2. The van der Waals surface area contributed by atoms with E-state index in [1.807, 2.05) is 24.3 Å². The molecule has 0 bridgehead atoms. The molecule has 2 amide bonds. The summed E-state index contributed by atoms with van der Waals surface area (Å²) >= 11 is 0. The van der Waals surface area contributed by atoms with Crippen LogP contribution in [-0.4, -0.2) is 41.3 Å². The SMILES string of the molecule is CC(NC(=O)OCC1c2ccccc2-c2ccccc21)(C(=O)N[C@H]1CCCC[C@H]1C(=O)O)C1CC1. The molecule has 0 spiro atoms. The quantitative estimate of drug-likeness (QED) is 0.548. The number of carboxylic acids is 1. The van der Waals surface area contributed by atoms with E-state index in [-0.39, 0.29) is 24.3 Å². The largest absolute Gasteiger partial charge is 0.481 e. The number of fused-ring (bicyclic) bond motifs is 3. The van der Waals surface area contributed by atoms with Gasteiger partial charge in [-0.3, -0.25) is 9.59 Å². The van der Waals surface area contributed by atoms with Crippen molar-refractivity contribution in [2.75, 3.05) is 6.61 Å². The number of alkyl carbamates (subject to hydrolysis) is 1. The van der Waals surface area contributed by atoms with E-state index >= 15 is 0 Å². The van der Waals surface area contributed by atoms with Gasteiger partial charge >= 0.3 is 12.1 Å². The van der Waals surface area contributed by atoms with Crippen molar-refractivity contribution < 1.29 is 24.2 Å². The van der Waals surface area contributed by atoms with Crippen molar-refractivity contribution in [3.05, 3.63) is 59.7 Å². The molecule has 7 heteroatoms. The summed E-state index contributed by atoms with van der Waals surface area (Å²) in [6.45, 7) is 1.89. The van der Waals surface area contributed by atoms with Crippen molar-refractivity contribution in [2.24, 2.45) is 11.8 Å². The highest BCUT2D eigenvalue weighted by Gasteiger charge is 2.50. The smallest absolute Gasteiger partial charge is 0.408 e. The predicted molar refractivity (Wildman–Crippen MR) is 131 cm³/mol. The molecule has 0 radical (unpaired) electrons. The molecule has 3 aliphatic rings. The first-order valence-corrected chi connectivity index (χ1v) is 12.6. The summed E-state index contributed by atoms with van der Waals surface area (Å²) in [6, 6.07) is 15.9. The van der Waals surface area contributed by atoms with Crippen molar-refractivity contribution in [1.29, 1.82) is 0 Å². The van der Waals surface area contributed by atoms with Gasteiger partial charge in [0, 0.05) is 12.0 Å². The van der Waals surface area contributed by atoms with Gasteiger partial charge in [0.05, 0.1) is 5.92 Å². The van der Waals surface area contributed by atoms with Crippen molar-refractivity contribution in [2.45, 2.75) is 62.9 Å². The van der Waals surface area contributed by atoms with Gasteiger partial charge in [0.25, 0.3) is 0 Å².